The molecule has 6 nitrogen and oxygen atoms in total. The van der Waals surface area contributed by atoms with E-state index < -0.39 is 12.1 Å². The molecule has 1 aliphatic heterocycles. The van der Waals surface area contributed by atoms with Crippen molar-refractivity contribution in [3.8, 4) is 0 Å². The van der Waals surface area contributed by atoms with E-state index in [2.05, 4.69) is 15.4 Å². The highest BCUT2D eigenvalue weighted by Gasteiger charge is 2.38. The number of carboxylic acids is 1. The zero-order chi connectivity index (χ0) is 13.6. The van der Waals surface area contributed by atoms with Gasteiger partial charge in [-0.05, 0) is 6.42 Å². The first-order chi connectivity index (χ1) is 8.41. The lowest BCUT2D eigenvalue weighted by Crippen LogP contribution is -2.21. The Morgan fingerprint density at radius 2 is 2.00 bits per heavy atom. The fourth-order valence-corrected chi connectivity index (χ4v) is 1.12. The highest BCUT2D eigenvalue weighted by Crippen LogP contribution is 2.18. The molecule has 2 rings (SSSR count). The normalized spacial score (nSPS) is 18.9. The number of hydrogen-bond acceptors (Lipinski definition) is 5. The van der Waals surface area contributed by atoms with E-state index in [1.165, 1.54) is 6.33 Å². The third-order valence-electron chi connectivity index (χ3n) is 1.96. The number of aliphatic carboxylic acids is 1. The summed E-state index contributed by atoms with van der Waals surface area (Å²) in [5.41, 5.74) is 3.98. The fraction of sp³-hybridized carbons (Fsp3) is 0.444. The molecule has 0 saturated carbocycles. The Bertz CT molecular complexity index is 380. The third kappa shape index (κ3) is 4.63. The van der Waals surface area contributed by atoms with Crippen molar-refractivity contribution in [1.29, 1.82) is 0 Å². The molecule has 1 atom stereocenters. The lowest BCUT2D eigenvalue weighted by atomic mass is 10.1. The van der Waals surface area contributed by atoms with Gasteiger partial charge in [0.25, 0.3) is 0 Å². The number of hydrogen-bond donors (Lipinski definition) is 2. The molecule has 1 fully saturated rings. The first-order valence-corrected chi connectivity index (χ1v) is 4.83. The second-order valence-corrected chi connectivity index (χ2v) is 3.28. The first-order valence-electron chi connectivity index (χ1n) is 4.83. The van der Waals surface area contributed by atoms with Crippen LogP contribution in [0.15, 0.2) is 18.7 Å². The van der Waals surface area contributed by atoms with Crippen LogP contribution in [0.1, 0.15) is 18.0 Å². The van der Waals surface area contributed by atoms with E-state index in [-0.39, 0.29) is 6.04 Å². The number of rotatable bonds is 1. The summed E-state index contributed by atoms with van der Waals surface area (Å²) < 4.78 is 31.7. The molecule has 0 aliphatic carbocycles. The van der Waals surface area contributed by atoms with Crippen molar-refractivity contribution in [2.75, 3.05) is 6.61 Å². The van der Waals surface area contributed by atoms with Gasteiger partial charge >= 0.3 is 12.1 Å². The average molecular weight is 265 g/mol. The van der Waals surface area contributed by atoms with Gasteiger partial charge in [-0.25, -0.2) is 14.8 Å². The monoisotopic (exact) mass is 265 g/mol. The summed E-state index contributed by atoms with van der Waals surface area (Å²) in [4.78, 5) is 21.7. The standard InChI is InChI=1S/C7H9N3O.C2HF3O2/c1-2-11-10-7(1)6-3-8-5-9-4-6;3-2(4,5)1(6)7/h3-5,7,10H,1-2H2;(H,6,7)/t7-;/m0./s1. The van der Waals surface area contributed by atoms with Crippen molar-refractivity contribution in [2.24, 2.45) is 0 Å². The summed E-state index contributed by atoms with van der Waals surface area (Å²) in [6.45, 7) is 0.763. The average Bonchev–Trinajstić information content (AvgIpc) is 2.83. The van der Waals surface area contributed by atoms with Crippen LogP contribution >= 0.6 is 0 Å². The molecule has 0 spiro atoms. The van der Waals surface area contributed by atoms with E-state index in [0.29, 0.717) is 0 Å². The van der Waals surface area contributed by atoms with Crippen LogP contribution in [0.5, 0.6) is 0 Å². The molecule has 100 valence electrons. The summed E-state index contributed by atoms with van der Waals surface area (Å²) >= 11 is 0. The second-order valence-electron chi connectivity index (χ2n) is 3.28. The number of carbonyl (C=O) groups is 1. The Morgan fingerprint density at radius 3 is 2.39 bits per heavy atom. The van der Waals surface area contributed by atoms with Gasteiger partial charge in [-0.3, -0.25) is 0 Å². The molecule has 9 heteroatoms. The van der Waals surface area contributed by atoms with Crippen molar-refractivity contribution in [3.05, 3.63) is 24.3 Å². The Morgan fingerprint density at radius 1 is 1.44 bits per heavy atom. The zero-order valence-electron chi connectivity index (χ0n) is 9.02. The zero-order valence-corrected chi connectivity index (χ0v) is 9.02. The SMILES string of the molecule is O=C(O)C(F)(F)F.c1ncc([C@@H]2CCON2)cn1. The topological polar surface area (TPSA) is 84.3 Å². The molecular weight excluding hydrogens is 255 g/mol. The van der Waals surface area contributed by atoms with Crippen molar-refractivity contribution in [3.63, 3.8) is 0 Å². The van der Waals surface area contributed by atoms with Gasteiger partial charge in [-0.2, -0.15) is 18.7 Å². The molecule has 0 bridgehead atoms. The van der Waals surface area contributed by atoms with E-state index in [1.807, 2.05) is 0 Å². The van der Waals surface area contributed by atoms with E-state index in [1.54, 1.807) is 12.4 Å². The molecule has 1 aliphatic rings. The molecule has 2 N–H and O–H groups in total. The number of carboxylic acid groups (broad SMARTS) is 1. The molecule has 1 saturated heterocycles. The third-order valence-corrected chi connectivity index (χ3v) is 1.96. The van der Waals surface area contributed by atoms with Crippen LogP contribution in [0, 0.1) is 0 Å². The van der Waals surface area contributed by atoms with E-state index in [0.717, 1.165) is 18.6 Å². The maximum atomic E-state index is 10.6. The summed E-state index contributed by atoms with van der Waals surface area (Å²) in [5.74, 6) is -2.76. The second kappa shape index (κ2) is 6.26. The van der Waals surface area contributed by atoms with Crippen molar-refractivity contribution < 1.29 is 27.9 Å². The minimum atomic E-state index is -5.08. The molecule has 1 aromatic rings. The molecule has 2 heterocycles. The molecule has 0 amide bonds. The number of nitrogens with zero attached hydrogens (tertiary/aromatic N) is 2. The molecule has 0 aromatic carbocycles. The van der Waals surface area contributed by atoms with Crippen LogP contribution in [-0.4, -0.2) is 33.8 Å². The maximum Gasteiger partial charge on any atom is 0.490 e. The van der Waals surface area contributed by atoms with Crippen molar-refractivity contribution in [2.45, 2.75) is 18.6 Å². The van der Waals surface area contributed by atoms with Crippen LogP contribution in [0.3, 0.4) is 0 Å². The molecular formula is C9H10F3N3O3. The predicted octanol–water partition coefficient (Wildman–Crippen LogP) is 1.08. The van der Waals surface area contributed by atoms with Gasteiger partial charge in [0.2, 0.25) is 0 Å². The van der Waals surface area contributed by atoms with Gasteiger partial charge in [0, 0.05) is 18.0 Å². The van der Waals surface area contributed by atoms with Crippen molar-refractivity contribution in [1.82, 2.24) is 15.4 Å². The number of alkyl halides is 3. The highest BCUT2D eigenvalue weighted by atomic mass is 19.4. The van der Waals surface area contributed by atoms with Crippen LogP contribution in [0.2, 0.25) is 0 Å². The van der Waals surface area contributed by atoms with Gasteiger partial charge in [0.1, 0.15) is 6.33 Å². The number of hydroxylamine groups is 1. The Labute approximate surface area is 99.8 Å². The number of nitrogens with one attached hydrogen (secondary N) is 1. The summed E-state index contributed by atoms with van der Waals surface area (Å²) in [5, 5.41) is 7.12. The molecule has 0 radical (unpaired) electrons. The summed E-state index contributed by atoms with van der Waals surface area (Å²) in [6.07, 6.45) is 1.05. The molecule has 18 heavy (non-hydrogen) atoms. The fourth-order valence-electron chi connectivity index (χ4n) is 1.12. The molecule has 1 aromatic heterocycles. The number of aromatic nitrogens is 2. The summed E-state index contributed by atoms with van der Waals surface area (Å²) in [6, 6.07) is 0.274. The van der Waals surface area contributed by atoms with Crippen molar-refractivity contribution >= 4 is 5.97 Å². The number of halogens is 3. The Kier molecular flexibility index (Phi) is 4.98. The summed E-state index contributed by atoms with van der Waals surface area (Å²) in [7, 11) is 0. The van der Waals surface area contributed by atoms with E-state index in [4.69, 9.17) is 14.7 Å². The largest absolute Gasteiger partial charge is 0.490 e. The van der Waals surface area contributed by atoms with Gasteiger partial charge in [-0.1, -0.05) is 0 Å². The lowest BCUT2D eigenvalue weighted by molar-refractivity contribution is -0.192. The minimum Gasteiger partial charge on any atom is -0.475 e. The van der Waals surface area contributed by atoms with Gasteiger partial charge in [-0.15, -0.1) is 0 Å². The minimum absolute atomic E-state index is 0.274. The van der Waals surface area contributed by atoms with E-state index >= 15 is 0 Å². The van der Waals surface area contributed by atoms with Crippen LogP contribution in [0.4, 0.5) is 13.2 Å². The van der Waals surface area contributed by atoms with Crippen LogP contribution in [0.25, 0.3) is 0 Å². The highest BCUT2D eigenvalue weighted by molar-refractivity contribution is 5.73. The maximum absolute atomic E-state index is 10.6. The smallest absolute Gasteiger partial charge is 0.475 e. The predicted molar refractivity (Wildman–Crippen MR) is 52.2 cm³/mol. The Balaban J connectivity index is 0.000000203. The van der Waals surface area contributed by atoms with Crippen LogP contribution in [-0.2, 0) is 9.63 Å². The van der Waals surface area contributed by atoms with Gasteiger partial charge in [0.05, 0.1) is 12.6 Å². The van der Waals surface area contributed by atoms with Gasteiger partial charge < -0.3 is 9.94 Å². The quantitative estimate of drug-likeness (QED) is 0.790. The van der Waals surface area contributed by atoms with E-state index in [9.17, 15) is 13.2 Å². The van der Waals surface area contributed by atoms with Crippen LogP contribution < -0.4 is 5.48 Å². The Hall–Kier alpha value is -1.74. The lowest BCUT2D eigenvalue weighted by Gasteiger charge is -2.05. The molecule has 0 unspecified atom stereocenters. The van der Waals surface area contributed by atoms with Gasteiger partial charge in [0.15, 0.2) is 0 Å². The first kappa shape index (κ1) is 14.3.